The minimum Gasteiger partial charge on any atom is -0.491 e. The van der Waals surface area contributed by atoms with Gasteiger partial charge in [-0.25, -0.2) is 4.98 Å². The van der Waals surface area contributed by atoms with Crippen LogP contribution in [-0.2, 0) is 4.74 Å². The molecule has 0 bridgehead atoms. The lowest BCUT2D eigenvalue weighted by atomic mass is 9.97. The molecule has 1 unspecified atom stereocenters. The fraction of sp³-hybridized carbons (Fsp3) is 0.350. The number of aliphatic hydroxyl groups is 1. The van der Waals surface area contributed by atoms with E-state index in [1.54, 1.807) is 24.3 Å². The van der Waals surface area contributed by atoms with Crippen molar-refractivity contribution in [2.75, 3.05) is 37.9 Å². The molecular weight excluding hydrogens is 376 g/mol. The molecule has 1 aromatic carbocycles. The Kier molecular flexibility index (Phi) is 6.72. The third kappa shape index (κ3) is 4.37. The van der Waals surface area contributed by atoms with Gasteiger partial charge in [0.1, 0.15) is 40.9 Å². The number of rotatable bonds is 7. The second-order valence-corrected chi connectivity index (χ2v) is 7.30. The first kappa shape index (κ1) is 20.0. The lowest BCUT2D eigenvalue weighted by molar-refractivity contribution is 0.189. The van der Waals surface area contributed by atoms with E-state index in [0.717, 1.165) is 18.8 Å². The van der Waals surface area contributed by atoms with Crippen LogP contribution < -0.4 is 10.5 Å². The molecule has 0 aliphatic carbocycles. The van der Waals surface area contributed by atoms with Gasteiger partial charge in [-0.3, -0.25) is 0 Å². The van der Waals surface area contributed by atoms with Crippen LogP contribution in [0, 0.1) is 28.6 Å². The number of aliphatic hydroxyl groups excluding tert-OH is 1. The summed E-state index contributed by atoms with van der Waals surface area (Å²) >= 11 is 1.47. The van der Waals surface area contributed by atoms with Gasteiger partial charge in [0, 0.05) is 17.9 Å². The topological polar surface area (TPSA) is 125 Å². The zero-order valence-corrected chi connectivity index (χ0v) is 16.0. The van der Waals surface area contributed by atoms with E-state index >= 15 is 0 Å². The molecule has 8 heteroatoms. The van der Waals surface area contributed by atoms with E-state index in [1.807, 2.05) is 0 Å². The van der Waals surface area contributed by atoms with E-state index in [1.165, 1.54) is 11.8 Å². The Bertz CT molecular complexity index is 913. The molecule has 3 N–H and O–H groups in total. The molecule has 2 aromatic rings. The minimum atomic E-state index is -0.0770. The number of thioether (sulfide) groups is 1. The zero-order valence-electron chi connectivity index (χ0n) is 15.2. The number of pyridine rings is 1. The average Bonchev–Trinajstić information content (AvgIpc) is 3.24. The Morgan fingerprint density at radius 1 is 1.25 bits per heavy atom. The lowest BCUT2D eigenvalue weighted by Gasteiger charge is -2.14. The Labute approximate surface area is 167 Å². The number of benzene rings is 1. The molecule has 1 saturated heterocycles. The monoisotopic (exact) mass is 396 g/mol. The molecule has 1 aliphatic rings. The largest absolute Gasteiger partial charge is 0.491 e. The lowest BCUT2D eigenvalue weighted by Crippen LogP contribution is -2.06. The number of aromatic nitrogens is 1. The van der Waals surface area contributed by atoms with Crippen molar-refractivity contribution in [3.05, 3.63) is 35.4 Å². The third-order valence-electron chi connectivity index (χ3n) is 4.40. The highest BCUT2D eigenvalue weighted by Gasteiger charge is 2.22. The van der Waals surface area contributed by atoms with E-state index in [4.69, 9.17) is 20.3 Å². The van der Waals surface area contributed by atoms with Gasteiger partial charge in [0.2, 0.25) is 0 Å². The Hall–Kier alpha value is -2.78. The summed E-state index contributed by atoms with van der Waals surface area (Å²) in [7, 11) is 0. The van der Waals surface area contributed by atoms with E-state index in [-0.39, 0.29) is 24.6 Å². The molecule has 7 nitrogen and oxygen atoms in total. The fourth-order valence-electron chi connectivity index (χ4n) is 2.98. The number of anilines is 1. The normalized spacial score (nSPS) is 15.8. The standard InChI is InChI=1S/C20H20N4O3S/c21-9-16-18(14-1-3-15(4-2-14)27-8-6-25)17(10-22)20(24-19(16)23)28-12-13-5-7-26-11-13/h1-4,13,25H,5-8,11-12H2,(H2,23,24). The van der Waals surface area contributed by atoms with Gasteiger partial charge >= 0.3 is 0 Å². The first-order valence-electron chi connectivity index (χ1n) is 8.86. The van der Waals surface area contributed by atoms with E-state index < -0.39 is 0 Å². The quantitative estimate of drug-likeness (QED) is 0.684. The first-order valence-corrected chi connectivity index (χ1v) is 9.84. The molecule has 1 atom stereocenters. The van der Waals surface area contributed by atoms with Gasteiger partial charge in [-0.15, -0.1) is 11.8 Å². The van der Waals surface area contributed by atoms with Crippen LogP contribution in [-0.4, -0.2) is 42.3 Å². The molecule has 0 radical (unpaired) electrons. The van der Waals surface area contributed by atoms with Gasteiger partial charge < -0.3 is 20.3 Å². The Morgan fingerprint density at radius 3 is 2.61 bits per heavy atom. The number of nitrogens with zero attached hydrogens (tertiary/aromatic N) is 3. The third-order valence-corrected chi connectivity index (χ3v) is 5.61. The molecule has 3 rings (SSSR count). The number of nitrogen functional groups attached to an aromatic ring is 1. The van der Waals surface area contributed by atoms with Crippen molar-refractivity contribution in [3.8, 4) is 29.0 Å². The van der Waals surface area contributed by atoms with Crippen molar-refractivity contribution >= 4 is 17.6 Å². The SMILES string of the molecule is N#Cc1c(N)nc(SCC2CCOC2)c(C#N)c1-c1ccc(OCCO)cc1. The molecule has 0 amide bonds. The van der Waals surface area contributed by atoms with Gasteiger partial charge in [0.15, 0.2) is 0 Å². The van der Waals surface area contributed by atoms with Crippen molar-refractivity contribution < 1.29 is 14.6 Å². The second kappa shape index (κ2) is 9.43. The van der Waals surface area contributed by atoms with Crippen LogP contribution in [0.25, 0.3) is 11.1 Å². The van der Waals surface area contributed by atoms with Crippen LogP contribution in [0.15, 0.2) is 29.3 Å². The van der Waals surface area contributed by atoms with Crippen LogP contribution in [0.5, 0.6) is 5.75 Å². The summed E-state index contributed by atoms with van der Waals surface area (Å²) in [4.78, 5) is 4.32. The minimum absolute atomic E-state index is 0.0770. The highest BCUT2D eigenvalue weighted by Crippen LogP contribution is 2.37. The van der Waals surface area contributed by atoms with Crippen molar-refractivity contribution in [1.29, 1.82) is 10.5 Å². The maximum absolute atomic E-state index is 9.80. The molecular formula is C20H20N4O3S. The summed E-state index contributed by atoms with van der Waals surface area (Å²) in [5.74, 6) is 1.90. The van der Waals surface area contributed by atoms with Gasteiger partial charge in [-0.05, 0) is 30.0 Å². The van der Waals surface area contributed by atoms with E-state index in [0.29, 0.717) is 40.0 Å². The van der Waals surface area contributed by atoms with E-state index in [2.05, 4.69) is 17.1 Å². The molecule has 144 valence electrons. The average molecular weight is 396 g/mol. The van der Waals surface area contributed by atoms with Crippen LogP contribution >= 0.6 is 11.8 Å². The van der Waals surface area contributed by atoms with Crippen LogP contribution in [0.2, 0.25) is 0 Å². The fourth-order valence-corrected chi connectivity index (χ4v) is 4.10. The Balaban J connectivity index is 1.98. The summed E-state index contributed by atoms with van der Waals surface area (Å²) in [6, 6.07) is 11.3. The molecule has 0 spiro atoms. The van der Waals surface area contributed by atoms with Crippen molar-refractivity contribution in [3.63, 3.8) is 0 Å². The highest BCUT2D eigenvalue weighted by molar-refractivity contribution is 7.99. The van der Waals surface area contributed by atoms with Gasteiger partial charge in [-0.1, -0.05) is 12.1 Å². The maximum Gasteiger partial charge on any atom is 0.143 e. The van der Waals surface area contributed by atoms with Crippen LogP contribution in [0.1, 0.15) is 17.5 Å². The number of nitrogens with two attached hydrogens (primary N) is 1. The number of hydrogen-bond acceptors (Lipinski definition) is 8. The summed E-state index contributed by atoms with van der Waals surface area (Å²) < 4.78 is 10.8. The summed E-state index contributed by atoms with van der Waals surface area (Å²) in [5.41, 5.74) is 7.74. The number of hydrogen-bond donors (Lipinski definition) is 2. The molecule has 2 heterocycles. The van der Waals surface area contributed by atoms with Crippen LogP contribution in [0.4, 0.5) is 5.82 Å². The summed E-state index contributed by atoms with van der Waals surface area (Å²) in [5, 5.41) is 28.8. The zero-order chi connectivity index (χ0) is 19.9. The molecule has 1 aliphatic heterocycles. The van der Waals surface area contributed by atoms with Crippen molar-refractivity contribution in [1.82, 2.24) is 4.98 Å². The predicted molar refractivity (Wildman–Crippen MR) is 106 cm³/mol. The molecule has 1 aromatic heterocycles. The van der Waals surface area contributed by atoms with E-state index in [9.17, 15) is 10.5 Å². The first-order chi connectivity index (χ1) is 13.7. The van der Waals surface area contributed by atoms with Crippen molar-refractivity contribution in [2.45, 2.75) is 11.4 Å². The number of ether oxygens (including phenoxy) is 2. The van der Waals surface area contributed by atoms with Crippen LogP contribution in [0.3, 0.4) is 0 Å². The highest BCUT2D eigenvalue weighted by atomic mass is 32.2. The van der Waals surface area contributed by atoms with Gasteiger partial charge in [0.25, 0.3) is 0 Å². The smallest absolute Gasteiger partial charge is 0.143 e. The van der Waals surface area contributed by atoms with Gasteiger partial charge in [-0.2, -0.15) is 10.5 Å². The van der Waals surface area contributed by atoms with Crippen molar-refractivity contribution in [2.24, 2.45) is 5.92 Å². The molecule has 1 fully saturated rings. The maximum atomic E-state index is 9.80. The Morgan fingerprint density at radius 2 is 2.00 bits per heavy atom. The molecule has 0 saturated carbocycles. The summed E-state index contributed by atoms with van der Waals surface area (Å²) in [6.45, 7) is 1.59. The second-order valence-electron chi connectivity index (χ2n) is 6.29. The van der Waals surface area contributed by atoms with Gasteiger partial charge in [0.05, 0.1) is 18.8 Å². The summed E-state index contributed by atoms with van der Waals surface area (Å²) in [6.07, 6.45) is 0.989. The number of nitriles is 2. The molecule has 28 heavy (non-hydrogen) atoms. The predicted octanol–water partition coefficient (Wildman–Crippen LogP) is 2.57.